The van der Waals surface area contributed by atoms with Crippen LogP contribution >= 0.6 is 0 Å². The first-order valence-corrected chi connectivity index (χ1v) is 5.35. The molecular weight excluding hydrogens is 164 g/mol. The van der Waals surface area contributed by atoms with Gasteiger partial charge in [-0.3, -0.25) is 4.90 Å². The highest BCUT2D eigenvalue weighted by Crippen LogP contribution is 2.12. The minimum absolute atomic E-state index is 0.497. The van der Waals surface area contributed by atoms with E-state index in [1.54, 1.807) is 0 Å². The maximum atomic E-state index is 5.60. The maximum Gasteiger partial charge on any atom is 0.0702 e. The van der Waals surface area contributed by atoms with Gasteiger partial charge in [0.1, 0.15) is 0 Å². The zero-order valence-electron chi connectivity index (χ0n) is 8.88. The van der Waals surface area contributed by atoms with Gasteiger partial charge in [0.2, 0.25) is 0 Å². The molecule has 0 amide bonds. The number of hydrogen-bond donors (Lipinski definition) is 1. The van der Waals surface area contributed by atoms with Gasteiger partial charge in [0.15, 0.2) is 0 Å². The molecule has 1 atom stereocenters. The monoisotopic (exact) mass is 186 g/mol. The summed E-state index contributed by atoms with van der Waals surface area (Å²) in [5.74, 6) is 0. The second-order valence-corrected chi connectivity index (χ2v) is 3.63. The van der Waals surface area contributed by atoms with E-state index in [0.717, 1.165) is 32.8 Å². The summed E-state index contributed by atoms with van der Waals surface area (Å²) >= 11 is 0. The SMILES string of the molecule is CCN(CCNC)CC1CCCO1. The van der Waals surface area contributed by atoms with Crippen LogP contribution in [0.15, 0.2) is 0 Å². The lowest BCUT2D eigenvalue weighted by Gasteiger charge is -2.23. The van der Waals surface area contributed by atoms with Crippen LogP contribution in [-0.2, 0) is 4.74 Å². The maximum absolute atomic E-state index is 5.60. The van der Waals surface area contributed by atoms with Crippen LogP contribution in [0.3, 0.4) is 0 Å². The Morgan fingerprint density at radius 2 is 2.38 bits per heavy atom. The topological polar surface area (TPSA) is 24.5 Å². The third-order valence-electron chi connectivity index (χ3n) is 2.61. The molecule has 0 aromatic rings. The molecule has 3 nitrogen and oxygen atoms in total. The molecule has 1 rings (SSSR count). The van der Waals surface area contributed by atoms with E-state index in [9.17, 15) is 0 Å². The quantitative estimate of drug-likeness (QED) is 0.661. The molecule has 1 N–H and O–H groups in total. The van der Waals surface area contributed by atoms with Gasteiger partial charge in [-0.25, -0.2) is 0 Å². The summed E-state index contributed by atoms with van der Waals surface area (Å²) in [6.45, 7) is 7.62. The highest BCUT2D eigenvalue weighted by molar-refractivity contribution is 4.70. The van der Waals surface area contributed by atoms with Crippen LogP contribution in [0, 0.1) is 0 Å². The lowest BCUT2D eigenvalue weighted by Crippen LogP contribution is -2.36. The van der Waals surface area contributed by atoms with Crippen molar-refractivity contribution in [1.82, 2.24) is 10.2 Å². The minimum atomic E-state index is 0.497. The van der Waals surface area contributed by atoms with Crippen molar-refractivity contribution in [2.75, 3.05) is 39.8 Å². The number of nitrogens with zero attached hydrogens (tertiary/aromatic N) is 1. The summed E-state index contributed by atoms with van der Waals surface area (Å²) in [6, 6.07) is 0. The number of nitrogens with one attached hydrogen (secondary N) is 1. The van der Waals surface area contributed by atoms with E-state index in [4.69, 9.17) is 4.74 Å². The predicted octanol–water partition coefficient (Wildman–Crippen LogP) is 0.707. The number of rotatable bonds is 6. The molecule has 1 saturated heterocycles. The fraction of sp³-hybridized carbons (Fsp3) is 1.00. The van der Waals surface area contributed by atoms with Gasteiger partial charge in [0.05, 0.1) is 6.10 Å². The van der Waals surface area contributed by atoms with E-state index < -0.39 is 0 Å². The van der Waals surface area contributed by atoms with Crippen molar-refractivity contribution < 1.29 is 4.74 Å². The van der Waals surface area contributed by atoms with Gasteiger partial charge in [-0.15, -0.1) is 0 Å². The first-order valence-electron chi connectivity index (χ1n) is 5.35. The van der Waals surface area contributed by atoms with Crippen molar-refractivity contribution in [3.8, 4) is 0 Å². The van der Waals surface area contributed by atoms with Crippen LogP contribution in [0.1, 0.15) is 19.8 Å². The van der Waals surface area contributed by atoms with Crippen molar-refractivity contribution in [1.29, 1.82) is 0 Å². The Balaban J connectivity index is 2.13. The molecule has 0 aromatic heterocycles. The zero-order valence-corrected chi connectivity index (χ0v) is 8.88. The Bertz CT molecular complexity index is 124. The largest absolute Gasteiger partial charge is 0.377 e. The number of hydrogen-bond acceptors (Lipinski definition) is 3. The molecule has 0 aromatic carbocycles. The Morgan fingerprint density at radius 3 is 2.92 bits per heavy atom. The number of likely N-dealkylation sites (N-methyl/N-ethyl adjacent to an activating group) is 2. The Morgan fingerprint density at radius 1 is 1.54 bits per heavy atom. The van der Waals surface area contributed by atoms with Gasteiger partial charge in [-0.05, 0) is 26.4 Å². The van der Waals surface area contributed by atoms with Crippen LogP contribution in [0.2, 0.25) is 0 Å². The Kier molecular flexibility index (Phi) is 5.35. The van der Waals surface area contributed by atoms with E-state index in [1.807, 2.05) is 7.05 Å². The molecule has 0 spiro atoms. The molecule has 0 bridgehead atoms. The van der Waals surface area contributed by atoms with Crippen LogP contribution in [0.25, 0.3) is 0 Å². The van der Waals surface area contributed by atoms with Gasteiger partial charge in [-0.2, -0.15) is 0 Å². The molecule has 0 radical (unpaired) electrons. The first-order chi connectivity index (χ1) is 6.36. The smallest absolute Gasteiger partial charge is 0.0702 e. The Labute approximate surface area is 81.4 Å². The lowest BCUT2D eigenvalue weighted by molar-refractivity contribution is 0.0753. The summed E-state index contributed by atoms with van der Waals surface area (Å²) < 4.78 is 5.60. The van der Waals surface area contributed by atoms with Gasteiger partial charge in [-0.1, -0.05) is 6.92 Å². The molecule has 3 heteroatoms. The molecule has 0 saturated carbocycles. The fourth-order valence-corrected chi connectivity index (χ4v) is 1.72. The average Bonchev–Trinajstić information content (AvgIpc) is 2.64. The van der Waals surface area contributed by atoms with Gasteiger partial charge in [0, 0.05) is 26.2 Å². The number of ether oxygens (including phenoxy) is 1. The van der Waals surface area contributed by atoms with E-state index in [1.165, 1.54) is 12.8 Å². The molecule has 1 unspecified atom stereocenters. The summed E-state index contributed by atoms with van der Waals surface area (Å²) in [7, 11) is 2.00. The van der Waals surface area contributed by atoms with E-state index in [-0.39, 0.29) is 0 Å². The van der Waals surface area contributed by atoms with Crippen molar-refractivity contribution in [3.63, 3.8) is 0 Å². The third kappa shape index (κ3) is 4.07. The molecular formula is C10H22N2O. The summed E-state index contributed by atoms with van der Waals surface area (Å²) in [5, 5.41) is 3.17. The van der Waals surface area contributed by atoms with E-state index in [0.29, 0.717) is 6.10 Å². The first kappa shape index (κ1) is 11.0. The second kappa shape index (κ2) is 6.35. The average molecular weight is 186 g/mol. The van der Waals surface area contributed by atoms with E-state index >= 15 is 0 Å². The molecule has 78 valence electrons. The van der Waals surface area contributed by atoms with Gasteiger partial charge >= 0.3 is 0 Å². The molecule has 1 aliphatic rings. The zero-order chi connectivity index (χ0) is 9.52. The summed E-state index contributed by atoms with van der Waals surface area (Å²) in [6.07, 6.45) is 2.99. The minimum Gasteiger partial charge on any atom is -0.377 e. The van der Waals surface area contributed by atoms with E-state index in [2.05, 4.69) is 17.1 Å². The molecule has 1 aliphatic heterocycles. The summed E-state index contributed by atoms with van der Waals surface area (Å²) in [5.41, 5.74) is 0. The van der Waals surface area contributed by atoms with Crippen molar-refractivity contribution >= 4 is 0 Å². The third-order valence-corrected chi connectivity index (χ3v) is 2.61. The van der Waals surface area contributed by atoms with Gasteiger partial charge in [0.25, 0.3) is 0 Å². The van der Waals surface area contributed by atoms with Crippen LogP contribution in [0.4, 0.5) is 0 Å². The van der Waals surface area contributed by atoms with Crippen molar-refractivity contribution in [3.05, 3.63) is 0 Å². The normalized spacial score (nSPS) is 22.8. The lowest BCUT2D eigenvalue weighted by atomic mass is 10.2. The van der Waals surface area contributed by atoms with Crippen molar-refractivity contribution in [2.24, 2.45) is 0 Å². The Hall–Kier alpha value is -0.120. The highest BCUT2D eigenvalue weighted by Gasteiger charge is 2.17. The molecule has 1 heterocycles. The molecule has 13 heavy (non-hydrogen) atoms. The predicted molar refractivity (Wildman–Crippen MR) is 55.0 cm³/mol. The highest BCUT2D eigenvalue weighted by atomic mass is 16.5. The second-order valence-electron chi connectivity index (χ2n) is 3.63. The fourth-order valence-electron chi connectivity index (χ4n) is 1.72. The van der Waals surface area contributed by atoms with Crippen LogP contribution in [0.5, 0.6) is 0 Å². The van der Waals surface area contributed by atoms with Crippen LogP contribution < -0.4 is 5.32 Å². The molecule has 1 fully saturated rings. The van der Waals surface area contributed by atoms with Gasteiger partial charge < -0.3 is 10.1 Å². The summed E-state index contributed by atoms with van der Waals surface area (Å²) in [4.78, 5) is 2.45. The molecule has 0 aliphatic carbocycles. The van der Waals surface area contributed by atoms with Crippen molar-refractivity contribution in [2.45, 2.75) is 25.9 Å². The van der Waals surface area contributed by atoms with Crippen LogP contribution in [-0.4, -0.2) is 50.8 Å². The standard InChI is InChI=1S/C10H22N2O/c1-3-12(7-6-11-2)9-10-5-4-8-13-10/h10-11H,3-9H2,1-2H3.